The lowest BCUT2D eigenvalue weighted by Gasteiger charge is -2.53. The summed E-state index contributed by atoms with van der Waals surface area (Å²) in [4.78, 5) is 10.6. The van der Waals surface area contributed by atoms with Crippen molar-refractivity contribution >= 4 is 5.97 Å². The van der Waals surface area contributed by atoms with E-state index in [1.165, 1.54) is 6.07 Å². The van der Waals surface area contributed by atoms with Crippen LogP contribution in [0.15, 0.2) is 48.5 Å². The van der Waals surface area contributed by atoms with E-state index in [1.807, 2.05) is 18.2 Å². The molecule has 0 spiro atoms. The SMILES string of the molecule is O=C(O)COCCC12CCC(c3ccc(F)c(Oc4ccccc4)c3)(CC1)OC2. The maximum Gasteiger partial charge on any atom is 0.329 e. The summed E-state index contributed by atoms with van der Waals surface area (Å²) in [7, 11) is 0. The van der Waals surface area contributed by atoms with Gasteiger partial charge in [0.1, 0.15) is 12.4 Å². The zero-order valence-corrected chi connectivity index (χ0v) is 16.2. The van der Waals surface area contributed by atoms with Crippen LogP contribution >= 0.6 is 0 Å². The van der Waals surface area contributed by atoms with Gasteiger partial charge in [-0.3, -0.25) is 0 Å². The molecule has 0 unspecified atom stereocenters. The minimum absolute atomic E-state index is 0.0453. The molecule has 0 radical (unpaired) electrons. The van der Waals surface area contributed by atoms with Gasteiger partial charge in [-0.1, -0.05) is 24.3 Å². The van der Waals surface area contributed by atoms with Gasteiger partial charge in [0, 0.05) is 6.61 Å². The van der Waals surface area contributed by atoms with Crippen LogP contribution in [0.1, 0.15) is 37.7 Å². The van der Waals surface area contributed by atoms with Crippen molar-refractivity contribution in [3.8, 4) is 11.5 Å². The first-order valence-electron chi connectivity index (χ1n) is 9.97. The molecule has 1 saturated carbocycles. The summed E-state index contributed by atoms with van der Waals surface area (Å²) in [5, 5.41) is 8.69. The van der Waals surface area contributed by atoms with Gasteiger partial charge in [-0.25, -0.2) is 9.18 Å². The maximum atomic E-state index is 14.3. The van der Waals surface area contributed by atoms with Crippen LogP contribution in [-0.4, -0.2) is 30.9 Å². The summed E-state index contributed by atoms with van der Waals surface area (Å²) < 4.78 is 31.6. The van der Waals surface area contributed by atoms with E-state index in [2.05, 4.69) is 0 Å². The Morgan fingerprint density at radius 2 is 1.86 bits per heavy atom. The number of para-hydroxylation sites is 1. The molecule has 29 heavy (non-hydrogen) atoms. The van der Waals surface area contributed by atoms with Crippen molar-refractivity contribution in [2.45, 2.75) is 37.7 Å². The molecule has 1 N–H and O–H groups in total. The van der Waals surface area contributed by atoms with Crippen LogP contribution in [0.2, 0.25) is 0 Å². The molecular weight excluding hydrogens is 375 g/mol. The van der Waals surface area contributed by atoms with Gasteiger partial charge in [-0.2, -0.15) is 0 Å². The average Bonchev–Trinajstić information content (AvgIpc) is 2.75. The summed E-state index contributed by atoms with van der Waals surface area (Å²) in [5.74, 6) is -0.550. The summed E-state index contributed by atoms with van der Waals surface area (Å²) in [6.07, 6.45) is 4.46. The maximum absolute atomic E-state index is 14.3. The Kier molecular flexibility index (Phi) is 5.56. The van der Waals surface area contributed by atoms with Crippen molar-refractivity contribution in [3.63, 3.8) is 0 Å². The number of ether oxygens (including phenoxy) is 3. The number of carbonyl (C=O) groups is 1. The third kappa shape index (κ3) is 4.28. The number of carboxylic acids is 1. The van der Waals surface area contributed by atoms with E-state index < -0.39 is 17.4 Å². The number of halogens is 1. The van der Waals surface area contributed by atoms with E-state index in [9.17, 15) is 9.18 Å². The van der Waals surface area contributed by atoms with Crippen molar-refractivity contribution in [2.24, 2.45) is 5.41 Å². The second-order valence-corrected chi connectivity index (χ2v) is 8.04. The number of benzene rings is 2. The third-order valence-corrected chi connectivity index (χ3v) is 6.20. The van der Waals surface area contributed by atoms with Crippen molar-refractivity contribution in [1.82, 2.24) is 0 Å². The predicted molar refractivity (Wildman–Crippen MR) is 105 cm³/mol. The van der Waals surface area contributed by atoms with Crippen LogP contribution in [-0.2, 0) is 19.9 Å². The molecule has 2 bridgehead atoms. The average molecular weight is 400 g/mol. The monoisotopic (exact) mass is 400 g/mol. The van der Waals surface area contributed by atoms with E-state index in [4.69, 9.17) is 19.3 Å². The molecule has 5 nitrogen and oxygen atoms in total. The third-order valence-electron chi connectivity index (χ3n) is 6.20. The van der Waals surface area contributed by atoms with Gasteiger partial charge in [0.05, 0.1) is 12.2 Å². The molecule has 6 heteroatoms. The van der Waals surface area contributed by atoms with Gasteiger partial charge in [-0.05, 0) is 67.3 Å². The molecular formula is C23H25FO5. The van der Waals surface area contributed by atoms with Crippen LogP contribution in [0.5, 0.6) is 11.5 Å². The molecule has 0 atom stereocenters. The van der Waals surface area contributed by atoms with Gasteiger partial charge in [0.2, 0.25) is 0 Å². The van der Waals surface area contributed by atoms with Gasteiger partial charge in [-0.15, -0.1) is 0 Å². The molecule has 2 aromatic rings. The Labute approximate surface area is 169 Å². The Bertz CT molecular complexity index is 842. The first kappa shape index (κ1) is 19.9. The fourth-order valence-corrected chi connectivity index (χ4v) is 4.39. The predicted octanol–water partition coefficient (Wildman–Crippen LogP) is 4.90. The van der Waals surface area contributed by atoms with Crippen LogP contribution in [0.3, 0.4) is 0 Å². The summed E-state index contributed by atoms with van der Waals surface area (Å²) >= 11 is 0. The Balaban J connectivity index is 1.44. The highest BCUT2D eigenvalue weighted by Crippen LogP contribution is 2.55. The van der Waals surface area contributed by atoms with Crippen LogP contribution in [0, 0.1) is 11.2 Å². The first-order valence-corrected chi connectivity index (χ1v) is 9.97. The molecule has 0 amide bonds. The summed E-state index contributed by atoms with van der Waals surface area (Å²) in [6.45, 7) is 0.768. The highest BCUT2D eigenvalue weighted by molar-refractivity contribution is 5.67. The molecule has 5 rings (SSSR count). The van der Waals surface area contributed by atoms with E-state index in [-0.39, 0.29) is 17.8 Å². The molecule has 2 saturated heterocycles. The topological polar surface area (TPSA) is 65.0 Å². The fourth-order valence-electron chi connectivity index (χ4n) is 4.39. The lowest BCUT2D eigenvalue weighted by Crippen LogP contribution is -2.49. The molecule has 1 aliphatic carbocycles. The van der Waals surface area contributed by atoms with Crippen molar-refractivity contribution in [3.05, 3.63) is 59.9 Å². The minimum atomic E-state index is -0.949. The number of fused-ring (bicyclic) bond motifs is 3. The van der Waals surface area contributed by atoms with Gasteiger partial charge in [0.25, 0.3) is 0 Å². The standard InChI is InChI=1S/C23H25FO5/c24-19-7-6-17(14-20(19)29-18-4-2-1-3-5-18)23-10-8-22(9-11-23,16-28-23)12-13-27-15-21(25)26/h1-7,14H,8-13,15-16H2,(H,25,26). The van der Waals surface area contributed by atoms with Crippen molar-refractivity contribution in [2.75, 3.05) is 19.8 Å². The molecule has 3 fully saturated rings. The Morgan fingerprint density at radius 1 is 1.10 bits per heavy atom. The number of hydrogen-bond donors (Lipinski definition) is 1. The highest BCUT2D eigenvalue weighted by atomic mass is 19.1. The minimum Gasteiger partial charge on any atom is -0.480 e. The zero-order chi connectivity index (χ0) is 20.3. The van der Waals surface area contributed by atoms with E-state index in [1.54, 1.807) is 24.3 Å². The highest BCUT2D eigenvalue weighted by Gasteiger charge is 2.50. The summed E-state index contributed by atoms with van der Waals surface area (Å²) in [5.41, 5.74) is 0.579. The van der Waals surface area contributed by atoms with Crippen LogP contribution in [0.25, 0.3) is 0 Å². The lowest BCUT2D eigenvalue weighted by atomic mass is 9.63. The van der Waals surface area contributed by atoms with Gasteiger partial charge >= 0.3 is 5.97 Å². The van der Waals surface area contributed by atoms with Gasteiger partial charge in [0.15, 0.2) is 11.6 Å². The largest absolute Gasteiger partial charge is 0.480 e. The number of rotatable bonds is 8. The number of carboxylic acid groups (broad SMARTS) is 1. The lowest BCUT2D eigenvalue weighted by molar-refractivity contribution is -0.194. The normalized spacial score (nSPS) is 25.7. The van der Waals surface area contributed by atoms with E-state index >= 15 is 0 Å². The second kappa shape index (κ2) is 8.13. The molecule has 2 heterocycles. The van der Waals surface area contributed by atoms with Crippen molar-refractivity contribution in [1.29, 1.82) is 0 Å². The van der Waals surface area contributed by atoms with E-state index in [0.717, 1.165) is 37.7 Å². The fraction of sp³-hybridized carbons (Fsp3) is 0.435. The van der Waals surface area contributed by atoms with E-state index in [0.29, 0.717) is 19.0 Å². The molecule has 154 valence electrons. The smallest absolute Gasteiger partial charge is 0.329 e. The molecule has 0 aromatic heterocycles. The summed E-state index contributed by atoms with van der Waals surface area (Å²) in [6, 6.07) is 14.2. The molecule has 3 aliphatic rings. The quantitative estimate of drug-likeness (QED) is 0.639. The number of hydrogen-bond acceptors (Lipinski definition) is 4. The van der Waals surface area contributed by atoms with Crippen LogP contribution in [0.4, 0.5) is 4.39 Å². The molecule has 2 aromatic carbocycles. The number of aliphatic carboxylic acids is 1. The zero-order valence-electron chi connectivity index (χ0n) is 16.2. The second-order valence-electron chi connectivity index (χ2n) is 8.04. The Morgan fingerprint density at radius 3 is 2.52 bits per heavy atom. The first-order chi connectivity index (χ1) is 14.0. The van der Waals surface area contributed by atoms with Crippen molar-refractivity contribution < 1.29 is 28.5 Å². The van der Waals surface area contributed by atoms with Gasteiger partial charge < -0.3 is 19.3 Å². The Hall–Kier alpha value is -2.44. The molecule has 2 aliphatic heterocycles. The van der Waals surface area contributed by atoms with Crippen LogP contribution < -0.4 is 4.74 Å².